The largest absolute Gasteiger partial charge is 0.465 e. The number of halogens is 1. The van der Waals surface area contributed by atoms with Gasteiger partial charge in [-0.1, -0.05) is 0 Å². The van der Waals surface area contributed by atoms with Crippen LogP contribution in [-0.4, -0.2) is 32.2 Å². The number of methoxy groups -OCH3 is 1. The molecule has 0 aromatic heterocycles. The van der Waals surface area contributed by atoms with Crippen molar-refractivity contribution >= 4 is 11.7 Å². The van der Waals surface area contributed by atoms with E-state index in [2.05, 4.69) is 15.4 Å². The van der Waals surface area contributed by atoms with Gasteiger partial charge in [-0.05, 0) is 50.6 Å². The molecule has 1 aliphatic rings. The summed E-state index contributed by atoms with van der Waals surface area (Å²) in [6, 6.07) is 4.81. The summed E-state index contributed by atoms with van der Waals surface area (Å²) in [7, 11) is 1.25. The summed E-state index contributed by atoms with van der Waals surface area (Å²) in [6.45, 7) is 2.01. The van der Waals surface area contributed by atoms with E-state index in [0.29, 0.717) is 6.04 Å². The van der Waals surface area contributed by atoms with Crippen molar-refractivity contribution in [1.29, 1.82) is 0 Å². The number of anilines is 1. The third-order valence-electron chi connectivity index (χ3n) is 3.32. The Hall–Kier alpha value is -1.62. The molecule has 0 aliphatic carbocycles. The van der Waals surface area contributed by atoms with Crippen molar-refractivity contribution in [1.82, 2.24) is 5.32 Å². The van der Waals surface area contributed by atoms with Crippen molar-refractivity contribution in [2.45, 2.75) is 25.3 Å². The molecule has 2 rings (SSSR count). The van der Waals surface area contributed by atoms with E-state index < -0.39 is 11.8 Å². The zero-order valence-electron chi connectivity index (χ0n) is 11.0. The van der Waals surface area contributed by atoms with E-state index in [1.807, 2.05) is 0 Å². The van der Waals surface area contributed by atoms with E-state index in [9.17, 15) is 9.18 Å². The summed E-state index contributed by atoms with van der Waals surface area (Å²) >= 11 is 0. The van der Waals surface area contributed by atoms with E-state index in [-0.39, 0.29) is 5.56 Å². The highest BCUT2D eigenvalue weighted by Gasteiger charge is 2.15. The molecule has 0 radical (unpaired) electrons. The zero-order chi connectivity index (χ0) is 13.7. The SMILES string of the molecule is COC(=O)c1cc(NC2CCCNCC2)ccc1F. The number of carbonyl (C=O) groups is 1. The van der Waals surface area contributed by atoms with Gasteiger partial charge in [0.25, 0.3) is 0 Å². The Kier molecular flexibility index (Phi) is 4.74. The molecule has 1 fully saturated rings. The molecule has 1 unspecified atom stereocenters. The van der Waals surface area contributed by atoms with Crippen LogP contribution in [0.15, 0.2) is 18.2 Å². The number of hydrogen-bond acceptors (Lipinski definition) is 4. The first-order valence-electron chi connectivity index (χ1n) is 6.56. The van der Waals surface area contributed by atoms with Gasteiger partial charge in [0, 0.05) is 11.7 Å². The third-order valence-corrected chi connectivity index (χ3v) is 3.32. The Morgan fingerprint density at radius 1 is 1.42 bits per heavy atom. The molecule has 1 atom stereocenters. The molecule has 1 aliphatic heterocycles. The quantitative estimate of drug-likeness (QED) is 0.823. The van der Waals surface area contributed by atoms with Gasteiger partial charge in [-0.2, -0.15) is 0 Å². The van der Waals surface area contributed by atoms with E-state index in [4.69, 9.17) is 0 Å². The number of esters is 1. The number of rotatable bonds is 3. The van der Waals surface area contributed by atoms with Crippen LogP contribution in [0.5, 0.6) is 0 Å². The summed E-state index contributed by atoms with van der Waals surface area (Å²) in [5.74, 6) is -1.20. The lowest BCUT2D eigenvalue weighted by Crippen LogP contribution is -2.21. The molecular formula is C14H19FN2O2. The molecule has 2 N–H and O–H groups in total. The van der Waals surface area contributed by atoms with Gasteiger partial charge in [-0.25, -0.2) is 9.18 Å². The van der Waals surface area contributed by atoms with Crippen molar-refractivity contribution in [2.24, 2.45) is 0 Å². The number of hydrogen-bond donors (Lipinski definition) is 2. The van der Waals surface area contributed by atoms with Crippen LogP contribution in [0.3, 0.4) is 0 Å². The molecule has 5 heteroatoms. The van der Waals surface area contributed by atoms with E-state index in [1.165, 1.54) is 19.2 Å². The summed E-state index contributed by atoms with van der Waals surface area (Å²) in [6.07, 6.45) is 3.20. The number of benzene rings is 1. The van der Waals surface area contributed by atoms with E-state index in [0.717, 1.165) is 38.0 Å². The highest BCUT2D eigenvalue weighted by atomic mass is 19.1. The van der Waals surface area contributed by atoms with Crippen LogP contribution in [0.25, 0.3) is 0 Å². The van der Waals surface area contributed by atoms with Crippen LogP contribution in [0.4, 0.5) is 10.1 Å². The third kappa shape index (κ3) is 3.67. The second-order valence-electron chi connectivity index (χ2n) is 4.71. The minimum absolute atomic E-state index is 0.0285. The Balaban J connectivity index is 2.09. The average Bonchev–Trinajstić information content (AvgIpc) is 2.68. The summed E-state index contributed by atoms with van der Waals surface area (Å²) in [5.41, 5.74) is 0.730. The Morgan fingerprint density at radius 2 is 2.26 bits per heavy atom. The second-order valence-corrected chi connectivity index (χ2v) is 4.71. The molecule has 1 saturated heterocycles. The first kappa shape index (κ1) is 13.8. The zero-order valence-corrected chi connectivity index (χ0v) is 11.0. The fraction of sp³-hybridized carbons (Fsp3) is 0.500. The van der Waals surface area contributed by atoms with E-state index >= 15 is 0 Å². The average molecular weight is 266 g/mol. The smallest absolute Gasteiger partial charge is 0.340 e. The fourth-order valence-corrected chi connectivity index (χ4v) is 2.28. The van der Waals surface area contributed by atoms with E-state index in [1.54, 1.807) is 6.07 Å². The van der Waals surface area contributed by atoms with Crippen LogP contribution < -0.4 is 10.6 Å². The fourth-order valence-electron chi connectivity index (χ4n) is 2.28. The first-order chi connectivity index (χ1) is 9.20. The lowest BCUT2D eigenvalue weighted by Gasteiger charge is -2.17. The van der Waals surface area contributed by atoms with Crippen LogP contribution >= 0.6 is 0 Å². The lowest BCUT2D eigenvalue weighted by atomic mass is 10.1. The van der Waals surface area contributed by atoms with Gasteiger partial charge in [0.15, 0.2) is 0 Å². The molecular weight excluding hydrogens is 247 g/mol. The van der Waals surface area contributed by atoms with Crippen molar-refractivity contribution in [2.75, 3.05) is 25.5 Å². The number of ether oxygens (including phenoxy) is 1. The van der Waals surface area contributed by atoms with Gasteiger partial charge in [-0.3, -0.25) is 0 Å². The molecule has 0 saturated carbocycles. The highest BCUT2D eigenvalue weighted by molar-refractivity contribution is 5.90. The molecule has 0 spiro atoms. The van der Waals surface area contributed by atoms with Crippen molar-refractivity contribution < 1.29 is 13.9 Å². The first-order valence-corrected chi connectivity index (χ1v) is 6.56. The van der Waals surface area contributed by atoms with Crippen LogP contribution in [0.1, 0.15) is 29.6 Å². The maximum absolute atomic E-state index is 13.5. The molecule has 0 amide bonds. The monoisotopic (exact) mass is 266 g/mol. The minimum Gasteiger partial charge on any atom is -0.465 e. The van der Waals surface area contributed by atoms with Crippen LogP contribution in [-0.2, 0) is 4.74 Å². The Morgan fingerprint density at radius 3 is 3.05 bits per heavy atom. The molecule has 1 heterocycles. The second kappa shape index (κ2) is 6.52. The lowest BCUT2D eigenvalue weighted by molar-refractivity contribution is 0.0595. The summed E-state index contributed by atoms with van der Waals surface area (Å²) in [4.78, 5) is 11.4. The van der Waals surface area contributed by atoms with Crippen LogP contribution in [0.2, 0.25) is 0 Å². The number of nitrogens with one attached hydrogen (secondary N) is 2. The maximum Gasteiger partial charge on any atom is 0.340 e. The van der Waals surface area contributed by atoms with Gasteiger partial charge >= 0.3 is 5.97 Å². The summed E-state index contributed by atoms with van der Waals surface area (Å²) in [5, 5.41) is 6.69. The van der Waals surface area contributed by atoms with Gasteiger partial charge in [0.2, 0.25) is 0 Å². The number of carbonyl (C=O) groups excluding carboxylic acids is 1. The highest BCUT2D eigenvalue weighted by Crippen LogP contribution is 2.19. The predicted octanol–water partition coefficient (Wildman–Crippen LogP) is 2.17. The molecule has 0 bridgehead atoms. The Labute approximate surface area is 112 Å². The Bertz CT molecular complexity index is 443. The summed E-state index contributed by atoms with van der Waals surface area (Å²) < 4.78 is 18.1. The maximum atomic E-state index is 13.5. The normalized spacial score (nSPS) is 19.6. The van der Waals surface area contributed by atoms with Gasteiger partial charge in [-0.15, -0.1) is 0 Å². The van der Waals surface area contributed by atoms with Crippen LogP contribution in [0, 0.1) is 5.82 Å². The van der Waals surface area contributed by atoms with Gasteiger partial charge in [0.1, 0.15) is 5.82 Å². The molecule has 19 heavy (non-hydrogen) atoms. The molecule has 4 nitrogen and oxygen atoms in total. The van der Waals surface area contributed by atoms with Crippen molar-refractivity contribution in [3.8, 4) is 0 Å². The molecule has 1 aromatic carbocycles. The predicted molar refractivity (Wildman–Crippen MR) is 71.9 cm³/mol. The van der Waals surface area contributed by atoms with Crippen molar-refractivity contribution in [3.05, 3.63) is 29.6 Å². The topological polar surface area (TPSA) is 50.4 Å². The van der Waals surface area contributed by atoms with Gasteiger partial charge in [0.05, 0.1) is 12.7 Å². The van der Waals surface area contributed by atoms with Gasteiger partial charge < -0.3 is 15.4 Å². The standard InChI is InChI=1S/C14H19FN2O2/c1-19-14(18)12-9-11(4-5-13(12)15)17-10-3-2-7-16-8-6-10/h4-5,9-10,16-17H,2-3,6-8H2,1H3. The minimum atomic E-state index is -0.649. The van der Waals surface area contributed by atoms with Crippen molar-refractivity contribution in [3.63, 3.8) is 0 Å². The molecule has 1 aromatic rings. The molecule has 104 valence electrons.